The van der Waals surface area contributed by atoms with Crippen molar-refractivity contribution in [2.45, 2.75) is 19.4 Å². The number of nitrogens with zero attached hydrogens (tertiary/aromatic N) is 3. The van der Waals surface area contributed by atoms with Crippen LogP contribution < -0.4 is 10.2 Å². The van der Waals surface area contributed by atoms with Gasteiger partial charge in [0.25, 0.3) is 5.91 Å². The van der Waals surface area contributed by atoms with Crippen LogP contribution >= 0.6 is 0 Å². The number of aryl methyl sites for hydroxylation is 1. The summed E-state index contributed by atoms with van der Waals surface area (Å²) in [7, 11) is 1.84. The van der Waals surface area contributed by atoms with Crippen LogP contribution in [0.15, 0.2) is 36.8 Å². The number of carbonyl (C=O) groups is 1. The van der Waals surface area contributed by atoms with Gasteiger partial charge in [0, 0.05) is 25.3 Å². The maximum Gasteiger partial charge on any atom is 0.276 e. The summed E-state index contributed by atoms with van der Waals surface area (Å²) in [4.78, 5) is 18.7. The molecule has 0 fully saturated rings. The molecule has 1 N–H and O–H groups in total. The molecule has 110 valence electrons. The van der Waals surface area contributed by atoms with Gasteiger partial charge < -0.3 is 14.8 Å². The van der Waals surface area contributed by atoms with Gasteiger partial charge in [0.1, 0.15) is 5.69 Å². The van der Waals surface area contributed by atoms with E-state index in [-0.39, 0.29) is 5.91 Å². The number of imidazole rings is 1. The molecule has 3 rings (SSSR count). The van der Waals surface area contributed by atoms with Crippen LogP contribution in [0.4, 0.5) is 5.69 Å². The Hall–Kier alpha value is -2.14. The summed E-state index contributed by atoms with van der Waals surface area (Å²) in [5.41, 5.74) is 2.81. The fourth-order valence-corrected chi connectivity index (χ4v) is 2.93. The summed E-state index contributed by atoms with van der Waals surface area (Å²) in [6.45, 7) is 3.75. The number of anilines is 1. The molecule has 0 aliphatic carbocycles. The average Bonchev–Trinajstić information content (AvgIpc) is 2.93. The third-order valence-electron chi connectivity index (χ3n) is 3.98. The van der Waals surface area contributed by atoms with Crippen molar-refractivity contribution >= 4 is 11.6 Å². The second kappa shape index (κ2) is 5.69. The highest BCUT2D eigenvalue weighted by molar-refractivity contribution is 6.05. The van der Waals surface area contributed by atoms with Gasteiger partial charge in [-0.15, -0.1) is 0 Å². The second-order valence-corrected chi connectivity index (χ2v) is 5.30. The Morgan fingerprint density at radius 1 is 1.43 bits per heavy atom. The minimum atomic E-state index is 0.0115. The predicted molar refractivity (Wildman–Crippen MR) is 82.4 cm³/mol. The summed E-state index contributed by atoms with van der Waals surface area (Å²) in [6.07, 6.45) is 4.21. The standard InChI is InChI=1S/C16H20N4O/c1-3-18-13-8-9-20(14-7-5-4-6-12(13)14)16(21)15-10-17-11-19(15)2/h4-7,10-11,13,18H,3,8-9H2,1-2H3. The Morgan fingerprint density at radius 3 is 2.95 bits per heavy atom. The first-order valence-corrected chi connectivity index (χ1v) is 7.33. The molecule has 1 unspecified atom stereocenters. The van der Waals surface area contributed by atoms with Crippen molar-refractivity contribution in [2.24, 2.45) is 7.05 Å². The lowest BCUT2D eigenvalue weighted by atomic mass is 9.96. The molecule has 1 aromatic heterocycles. The Bertz CT molecular complexity index is 649. The summed E-state index contributed by atoms with van der Waals surface area (Å²) in [5, 5.41) is 3.49. The molecule has 1 atom stereocenters. The highest BCUT2D eigenvalue weighted by atomic mass is 16.2. The molecule has 5 nitrogen and oxygen atoms in total. The smallest absolute Gasteiger partial charge is 0.276 e. The fourth-order valence-electron chi connectivity index (χ4n) is 2.93. The molecule has 1 aromatic carbocycles. The zero-order chi connectivity index (χ0) is 14.8. The van der Waals surface area contributed by atoms with E-state index in [4.69, 9.17) is 0 Å². The van der Waals surface area contributed by atoms with E-state index in [0.29, 0.717) is 11.7 Å². The van der Waals surface area contributed by atoms with E-state index in [1.54, 1.807) is 17.1 Å². The van der Waals surface area contributed by atoms with Crippen molar-refractivity contribution in [1.82, 2.24) is 14.9 Å². The molecule has 1 amide bonds. The zero-order valence-electron chi connectivity index (χ0n) is 12.4. The molecule has 1 aliphatic heterocycles. The molecule has 5 heteroatoms. The topological polar surface area (TPSA) is 50.2 Å². The van der Waals surface area contributed by atoms with Crippen LogP contribution in [0.25, 0.3) is 0 Å². The van der Waals surface area contributed by atoms with Gasteiger partial charge in [0.05, 0.1) is 12.5 Å². The first kappa shape index (κ1) is 13.8. The van der Waals surface area contributed by atoms with Crippen LogP contribution in [0, 0.1) is 0 Å². The van der Waals surface area contributed by atoms with E-state index >= 15 is 0 Å². The lowest BCUT2D eigenvalue weighted by Crippen LogP contribution is -2.40. The SMILES string of the molecule is CCNC1CCN(C(=O)c2cncn2C)c2ccccc21. The van der Waals surface area contributed by atoms with E-state index in [1.807, 2.05) is 30.1 Å². The molecular formula is C16H20N4O. The van der Waals surface area contributed by atoms with E-state index < -0.39 is 0 Å². The molecule has 0 spiro atoms. The monoisotopic (exact) mass is 284 g/mol. The number of carbonyl (C=O) groups excluding carboxylic acids is 1. The van der Waals surface area contributed by atoms with E-state index in [9.17, 15) is 4.79 Å². The molecule has 1 aliphatic rings. The maximum absolute atomic E-state index is 12.8. The molecule has 0 saturated heterocycles. The molecular weight excluding hydrogens is 264 g/mol. The lowest BCUT2D eigenvalue weighted by molar-refractivity contribution is 0.0976. The number of fused-ring (bicyclic) bond motifs is 1. The molecule has 0 radical (unpaired) electrons. The quantitative estimate of drug-likeness (QED) is 0.939. The van der Waals surface area contributed by atoms with Crippen LogP contribution in [-0.2, 0) is 7.05 Å². The summed E-state index contributed by atoms with van der Waals surface area (Å²) >= 11 is 0. The third kappa shape index (κ3) is 2.45. The summed E-state index contributed by atoms with van der Waals surface area (Å²) in [6, 6.07) is 8.46. The first-order valence-electron chi connectivity index (χ1n) is 7.33. The van der Waals surface area contributed by atoms with Crippen molar-refractivity contribution in [1.29, 1.82) is 0 Å². The number of hydrogen-bond acceptors (Lipinski definition) is 3. The van der Waals surface area contributed by atoms with Gasteiger partial charge in [-0.1, -0.05) is 25.1 Å². The second-order valence-electron chi connectivity index (χ2n) is 5.30. The van der Waals surface area contributed by atoms with Crippen molar-refractivity contribution in [3.8, 4) is 0 Å². The van der Waals surface area contributed by atoms with Crippen LogP contribution in [-0.4, -0.2) is 28.5 Å². The van der Waals surface area contributed by atoms with Crippen molar-refractivity contribution in [3.05, 3.63) is 48.0 Å². The molecule has 2 heterocycles. The van der Waals surface area contributed by atoms with Crippen LogP contribution in [0.5, 0.6) is 0 Å². The van der Waals surface area contributed by atoms with E-state index in [1.165, 1.54) is 5.56 Å². The normalized spacial score (nSPS) is 17.6. The van der Waals surface area contributed by atoms with Crippen LogP contribution in [0.2, 0.25) is 0 Å². The summed E-state index contributed by atoms with van der Waals surface area (Å²) in [5.74, 6) is 0.0115. The molecule has 0 bridgehead atoms. The Balaban J connectivity index is 1.96. The minimum absolute atomic E-state index is 0.0115. The predicted octanol–water partition coefficient (Wildman–Crippen LogP) is 2.12. The number of nitrogens with one attached hydrogen (secondary N) is 1. The zero-order valence-corrected chi connectivity index (χ0v) is 12.4. The Kier molecular flexibility index (Phi) is 3.75. The van der Waals surface area contributed by atoms with Gasteiger partial charge in [0.15, 0.2) is 0 Å². The fraction of sp³-hybridized carbons (Fsp3) is 0.375. The number of aromatic nitrogens is 2. The number of rotatable bonds is 3. The van der Waals surface area contributed by atoms with E-state index in [0.717, 1.165) is 25.2 Å². The average molecular weight is 284 g/mol. The summed E-state index contributed by atoms with van der Waals surface area (Å²) < 4.78 is 1.77. The highest BCUT2D eigenvalue weighted by Crippen LogP contribution is 2.34. The van der Waals surface area contributed by atoms with Crippen molar-refractivity contribution in [3.63, 3.8) is 0 Å². The van der Waals surface area contributed by atoms with Crippen molar-refractivity contribution < 1.29 is 4.79 Å². The van der Waals surface area contributed by atoms with Crippen LogP contribution in [0.1, 0.15) is 35.4 Å². The number of para-hydroxylation sites is 1. The first-order chi connectivity index (χ1) is 10.2. The largest absolute Gasteiger partial charge is 0.330 e. The Morgan fingerprint density at radius 2 is 2.24 bits per heavy atom. The number of hydrogen-bond donors (Lipinski definition) is 1. The van der Waals surface area contributed by atoms with Gasteiger partial charge in [0.2, 0.25) is 0 Å². The molecule has 21 heavy (non-hydrogen) atoms. The van der Waals surface area contributed by atoms with Gasteiger partial charge in [-0.3, -0.25) is 4.79 Å². The highest BCUT2D eigenvalue weighted by Gasteiger charge is 2.29. The van der Waals surface area contributed by atoms with Gasteiger partial charge in [-0.05, 0) is 24.6 Å². The number of benzene rings is 1. The van der Waals surface area contributed by atoms with Gasteiger partial charge >= 0.3 is 0 Å². The van der Waals surface area contributed by atoms with E-state index in [2.05, 4.69) is 23.3 Å². The minimum Gasteiger partial charge on any atom is -0.330 e. The lowest BCUT2D eigenvalue weighted by Gasteiger charge is -2.34. The maximum atomic E-state index is 12.8. The molecule has 0 saturated carbocycles. The van der Waals surface area contributed by atoms with Crippen LogP contribution in [0.3, 0.4) is 0 Å². The van der Waals surface area contributed by atoms with Gasteiger partial charge in [-0.2, -0.15) is 0 Å². The molecule has 2 aromatic rings. The number of amides is 1. The van der Waals surface area contributed by atoms with Crippen molar-refractivity contribution in [2.75, 3.05) is 18.0 Å². The third-order valence-corrected chi connectivity index (χ3v) is 3.98. The Labute approximate surface area is 124 Å². The van der Waals surface area contributed by atoms with Gasteiger partial charge in [-0.25, -0.2) is 4.98 Å².